The first kappa shape index (κ1) is 18.4. The molecule has 1 amide bonds. The van der Waals surface area contributed by atoms with Gasteiger partial charge in [-0.25, -0.2) is 8.42 Å². The van der Waals surface area contributed by atoms with E-state index in [9.17, 15) is 13.2 Å². The number of amides is 1. The number of hydrogen-bond acceptors (Lipinski definition) is 5. The van der Waals surface area contributed by atoms with Crippen LogP contribution in [0.2, 0.25) is 0 Å². The van der Waals surface area contributed by atoms with E-state index in [-0.39, 0.29) is 28.6 Å². The second kappa shape index (κ2) is 6.90. The quantitative estimate of drug-likeness (QED) is 0.777. The molecule has 1 aliphatic rings. The molecule has 0 saturated heterocycles. The van der Waals surface area contributed by atoms with Crippen LogP contribution >= 0.6 is 0 Å². The molecule has 0 fully saturated rings. The van der Waals surface area contributed by atoms with Crippen molar-refractivity contribution in [3.05, 3.63) is 29.8 Å². The lowest BCUT2D eigenvalue weighted by atomic mass is 9.93. The fraction of sp³-hybridized carbons (Fsp3) is 0.500. The average Bonchev–Trinajstić information content (AvgIpc) is 2.74. The van der Waals surface area contributed by atoms with Gasteiger partial charge in [-0.1, -0.05) is 26.0 Å². The second-order valence-corrected chi connectivity index (χ2v) is 8.60. The van der Waals surface area contributed by atoms with Gasteiger partial charge in [-0.3, -0.25) is 14.5 Å². The Bertz CT molecular complexity index is 754. The first-order chi connectivity index (χ1) is 11.1. The van der Waals surface area contributed by atoms with Crippen LogP contribution < -0.4 is 10.0 Å². The van der Waals surface area contributed by atoms with Gasteiger partial charge in [-0.15, -0.1) is 0 Å². The summed E-state index contributed by atoms with van der Waals surface area (Å²) in [5.74, 6) is -0.0220. The van der Waals surface area contributed by atoms with Crippen LogP contribution in [0.3, 0.4) is 0 Å². The van der Waals surface area contributed by atoms with Crippen LogP contribution in [-0.2, 0) is 14.8 Å². The molecule has 0 radical (unpaired) electrons. The Balaban J connectivity index is 1.98. The van der Waals surface area contributed by atoms with Crippen LogP contribution in [0.25, 0.3) is 0 Å². The van der Waals surface area contributed by atoms with Gasteiger partial charge >= 0.3 is 0 Å². The smallest absolute Gasteiger partial charge is 0.263 e. The molecule has 1 aliphatic heterocycles. The number of benzene rings is 1. The number of amidine groups is 1. The number of carbonyl (C=O) groups is 1. The summed E-state index contributed by atoms with van der Waals surface area (Å²) in [7, 11) is 0.401. The predicted octanol–water partition coefficient (Wildman–Crippen LogP) is 0.429. The number of rotatable bonds is 6. The highest BCUT2D eigenvalue weighted by Crippen LogP contribution is 2.22. The molecule has 2 rings (SSSR count). The molecule has 7 nitrogen and oxygen atoms in total. The van der Waals surface area contributed by atoms with Crippen molar-refractivity contribution in [3.63, 3.8) is 0 Å². The fourth-order valence-corrected chi connectivity index (χ4v) is 3.96. The number of hydrogen-bond donors (Lipinski definition) is 2. The summed E-state index contributed by atoms with van der Waals surface area (Å²) in [6, 6.07) is 6.58. The van der Waals surface area contributed by atoms with Crippen LogP contribution in [0.1, 0.15) is 19.4 Å². The summed E-state index contributed by atoms with van der Waals surface area (Å²) in [6.45, 7) is 5.39. The molecule has 24 heavy (non-hydrogen) atoms. The highest BCUT2D eigenvalue weighted by molar-refractivity contribution is 7.90. The lowest BCUT2D eigenvalue weighted by Gasteiger charge is -2.28. The molecule has 1 heterocycles. The maximum absolute atomic E-state index is 12.0. The van der Waals surface area contributed by atoms with Crippen molar-refractivity contribution in [1.29, 1.82) is 0 Å². The van der Waals surface area contributed by atoms with Gasteiger partial charge in [0.15, 0.2) is 0 Å². The van der Waals surface area contributed by atoms with Crippen molar-refractivity contribution in [2.45, 2.75) is 18.7 Å². The van der Waals surface area contributed by atoms with Crippen molar-refractivity contribution in [1.82, 2.24) is 14.9 Å². The van der Waals surface area contributed by atoms with E-state index in [2.05, 4.69) is 33.8 Å². The maximum atomic E-state index is 12.0. The van der Waals surface area contributed by atoms with Crippen LogP contribution in [-0.4, -0.2) is 58.8 Å². The van der Waals surface area contributed by atoms with Crippen LogP contribution in [0.5, 0.6) is 0 Å². The van der Waals surface area contributed by atoms with E-state index in [0.29, 0.717) is 12.1 Å². The van der Waals surface area contributed by atoms with Gasteiger partial charge in [0.25, 0.3) is 10.0 Å². The minimum Gasteiger partial charge on any atom is -0.354 e. The van der Waals surface area contributed by atoms with Gasteiger partial charge < -0.3 is 10.2 Å². The van der Waals surface area contributed by atoms with E-state index < -0.39 is 10.0 Å². The molecular formula is C16H24N4O3S. The van der Waals surface area contributed by atoms with E-state index in [1.807, 2.05) is 14.1 Å². The molecule has 1 aromatic rings. The van der Waals surface area contributed by atoms with Crippen molar-refractivity contribution in [2.24, 2.45) is 10.4 Å². The maximum Gasteiger partial charge on any atom is 0.263 e. The number of nitrogens with zero attached hydrogens (tertiary/aromatic N) is 2. The molecule has 0 spiro atoms. The molecule has 0 aromatic heterocycles. The molecule has 0 unspecified atom stereocenters. The van der Waals surface area contributed by atoms with E-state index in [4.69, 9.17) is 0 Å². The topological polar surface area (TPSA) is 90.9 Å². The van der Waals surface area contributed by atoms with Gasteiger partial charge in [0.2, 0.25) is 5.91 Å². The molecule has 0 bridgehead atoms. The Morgan fingerprint density at radius 2 is 1.96 bits per heavy atom. The Labute approximate surface area is 143 Å². The molecule has 0 saturated carbocycles. The summed E-state index contributed by atoms with van der Waals surface area (Å²) in [5, 5.41) is 2.85. The summed E-state index contributed by atoms with van der Waals surface area (Å²) in [4.78, 5) is 18.4. The highest BCUT2D eigenvalue weighted by Gasteiger charge is 2.30. The number of aliphatic imine (C=N–C) groups is 1. The molecule has 132 valence electrons. The lowest BCUT2D eigenvalue weighted by Crippen LogP contribution is -2.40. The van der Waals surface area contributed by atoms with Crippen molar-refractivity contribution < 1.29 is 13.2 Å². The van der Waals surface area contributed by atoms with Gasteiger partial charge in [0.05, 0.1) is 4.90 Å². The number of nitrogens with one attached hydrogen (secondary N) is 2. The summed E-state index contributed by atoms with van der Waals surface area (Å²) in [5.41, 5.74) is 0.437. The number of fused-ring (bicyclic) bond motifs is 1. The van der Waals surface area contributed by atoms with E-state index >= 15 is 0 Å². The standard InChI is InChI=1S/C16H24N4O3S/c1-16(2,11-20(3)4)10-18-14(21)9-17-15-12-7-5-6-8-13(12)24(22,23)19-15/h5-8H,9-11H2,1-4H3,(H,17,19)(H,18,21). The minimum atomic E-state index is -3.57. The van der Waals surface area contributed by atoms with E-state index in [1.54, 1.807) is 18.2 Å². The van der Waals surface area contributed by atoms with Gasteiger partial charge in [0, 0.05) is 18.7 Å². The molecule has 0 atom stereocenters. The Kier molecular flexibility index (Phi) is 5.29. The Morgan fingerprint density at radius 1 is 1.29 bits per heavy atom. The van der Waals surface area contributed by atoms with Crippen LogP contribution in [0.15, 0.2) is 34.2 Å². The van der Waals surface area contributed by atoms with Crippen LogP contribution in [0.4, 0.5) is 0 Å². The zero-order valence-electron chi connectivity index (χ0n) is 14.5. The third-order valence-corrected chi connectivity index (χ3v) is 4.95. The normalized spacial score (nSPS) is 17.6. The molecule has 8 heteroatoms. The van der Waals surface area contributed by atoms with E-state index in [1.165, 1.54) is 6.07 Å². The summed E-state index contributed by atoms with van der Waals surface area (Å²) < 4.78 is 26.3. The lowest BCUT2D eigenvalue weighted by molar-refractivity contribution is -0.120. The zero-order valence-corrected chi connectivity index (χ0v) is 15.3. The van der Waals surface area contributed by atoms with Gasteiger partial charge in [-0.2, -0.15) is 0 Å². The van der Waals surface area contributed by atoms with Gasteiger partial charge in [0.1, 0.15) is 12.4 Å². The molecule has 2 N–H and O–H groups in total. The first-order valence-electron chi connectivity index (χ1n) is 7.69. The summed E-state index contributed by atoms with van der Waals surface area (Å²) >= 11 is 0. The van der Waals surface area contributed by atoms with E-state index in [0.717, 1.165) is 6.54 Å². The molecular weight excluding hydrogens is 328 g/mol. The molecule has 1 aromatic carbocycles. The molecule has 0 aliphatic carbocycles. The summed E-state index contributed by atoms with van der Waals surface area (Å²) in [6.07, 6.45) is 0. The predicted molar refractivity (Wildman–Crippen MR) is 93.5 cm³/mol. The Morgan fingerprint density at radius 3 is 2.62 bits per heavy atom. The third-order valence-electron chi connectivity index (χ3n) is 3.55. The Hall–Kier alpha value is -1.93. The average molecular weight is 352 g/mol. The monoisotopic (exact) mass is 352 g/mol. The van der Waals surface area contributed by atoms with Crippen molar-refractivity contribution >= 4 is 21.8 Å². The van der Waals surface area contributed by atoms with Gasteiger partial charge in [-0.05, 0) is 31.6 Å². The fourth-order valence-electron chi connectivity index (χ4n) is 2.71. The largest absolute Gasteiger partial charge is 0.354 e. The number of sulfonamides is 1. The van der Waals surface area contributed by atoms with Crippen molar-refractivity contribution in [3.8, 4) is 0 Å². The van der Waals surface area contributed by atoms with Crippen molar-refractivity contribution in [2.75, 3.05) is 33.7 Å². The first-order valence-corrected chi connectivity index (χ1v) is 9.17. The zero-order chi connectivity index (χ0) is 18.0. The SMILES string of the molecule is CN(C)CC(C)(C)CNC(=O)CN=C1NS(=O)(=O)c2ccccc21. The highest BCUT2D eigenvalue weighted by atomic mass is 32.2. The second-order valence-electron chi connectivity index (χ2n) is 6.95. The minimum absolute atomic E-state index is 0.0617. The third kappa shape index (κ3) is 4.55. The van der Waals surface area contributed by atoms with Crippen LogP contribution in [0, 0.1) is 5.41 Å². The number of carbonyl (C=O) groups excluding carboxylic acids is 1.